The fourth-order valence-electron chi connectivity index (χ4n) is 4.65. The van der Waals surface area contributed by atoms with Gasteiger partial charge in [0.1, 0.15) is 16.5 Å². The van der Waals surface area contributed by atoms with Gasteiger partial charge in [0, 0.05) is 36.6 Å². The van der Waals surface area contributed by atoms with E-state index in [1.807, 2.05) is 23.3 Å². The SMILES string of the molecule is Cc1cnc(-c2nccs2)c(C(=O)N2C[C@@H]3C[C@@H](Nc4ccc(C(F)(F)F)cn4)[C@@H]2C3)c1. The Hall–Kier alpha value is -3.01. The summed E-state index contributed by atoms with van der Waals surface area (Å²) in [5.74, 6) is 0.631. The van der Waals surface area contributed by atoms with E-state index in [0.717, 1.165) is 30.7 Å². The summed E-state index contributed by atoms with van der Waals surface area (Å²) in [4.78, 5) is 28.1. The van der Waals surface area contributed by atoms with Gasteiger partial charge < -0.3 is 10.2 Å². The van der Waals surface area contributed by atoms with Crippen LogP contribution in [0.3, 0.4) is 0 Å². The Kier molecular flexibility index (Phi) is 5.11. The molecule has 166 valence electrons. The largest absolute Gasteiger partial charge is 0.417 e. The Morgan fingerprint density at radius 2 is 2.03 bits per heavy atom. The molecule has 3 aromatic heterocycles. The Balaban J connectivity index is 1.37. The van der Waals surface area contributed by atoms with E-state index in [0.29, 0.717) is 34.5 Å². The van der Waals surface area contributed by atoms with Gasteiger partial charge in [-0.25, -0.2) is 9.97 Å². The highest BCUT2D eigenvalue weighted by Gasteiger charge is 2.47. The maximum absolute atomic E-state index is 13.6. The molecule has 1 N–H and O–H groups in total. The summed E-state index contributed by atoms with van der Waals surface area (Å²) in [7, 11) is 0. The second-order valence-corrected chi connectivity index (χ2v) is 9.18. The zero-order chi connectivity index (χ0) is 22.5. The molecule has 2 bridgehead atoms. The number of hydrogen-bond donors (Lipinski definition) is 1. The number of aromatic nitrogens is 3. The van der Waals surface area contributed by atoms with Crippen LogP contribution in [0.25, 0.3) is 10.7 Å². The van der Waals surface area contributed by atoms with Crippen LogP contribution in [0.5, 0.6) is 0 Å². The van der Waals surface area contributed by atoms with Crippen molar-refractivity contribution in [2.45, 2.75) is 38.0 Å². The number of carbonyl (C=O) groups is 1. The van der Waals surface area contributed by atoms with Crippen LogP contribution >= 0.6 is 11.3 Å². The quantitative estimate of drug-likeness (QED) is 0.615. The fourth-order valence-corrected chi connectivity index (χ4v) is 5.30. The average molecular weight is 459 g/mol. The molecule has 32 heavy (non-hydrogen) atoms. The maximum atomic E-state index is 13.6. The second-order valence-electron chi connectivity index (χ2n) is 8.29. The van der Waals surface area contributed by atoms with Crippen LogP contribution in [0.1, 0.15) is 34.3 Å². The molecule has 2 fully saturated rings. The molecule has 2 aliphatic rings. The second kappa shape index (κ2) is 7.84. The number of halogens is 3. The van der Waals surface area contributed by atoms with Crippen molar-refractivity contribution in [2.75, 3.05) is 11.9 Å². The first-order valence-electron chi connectivity index (χ1n) is 10.3. The minimum atomic E-state index is -4.42. The minimum absolute atomic E-state index is 0.0544. The molecule has 3 atom stereocenters. The van der Waals surface area contributed by atoms with Gasteiger partial charge in [0.15, 0.2) is 0 Å². The van der Waals surface area contributed by atoms with Gasteiger partial charge in [-0.3, -0.25) is 9.78 Å². The number of carbonyl (C=O) groups excluding carboxylic acids is 1. The van der Waals surface area contributed by atoms with Crippen molar-refractivity contribution in [3.05, 3.63) is 58.9 Å². The summed E-state index contributed by atoms with van der Waals surface area (Å²) >= 11 is 1.43. The van der Waals surface area contributed by atoms with Crippen LogP contribution < -0.4 is 5.32 Å². The lowest BCUT2D eigenvalue weighted by Gasteiger charge is -2.34. The van der Waals surface area contributed by atoms with E-state index in [9.17, 15) is 18.0 Å². The molecule has 0 spiro atoms. The number of nitrogens with zero attached hydrogens (tertiary/aromatic N) is 4. The maximum Gasteiger partial charge on any atom is 0.417 e. The third-order valence-electron chi connectivity index (χ3n) is 6.06. The molecule has 4 heterocycles. The van der Waals surface area contributed by atoms with E-state index < -0.39 is 11.7 Å². The van der Waals surface area contributed by atoms with E-state index in [1.165, 1.54) is 17.4 Å². The number of piperidine rings is 1. The lowest BCUT2D eigenvalue weighted by molar-refractivity contribution is -0.137. The van der Waals surface area contributed by atoms with Crippen molar-refractivity contribution in [2.24, 2.45) is 5.92 Å². The van der Waals surface area contributed by atoms with Crippen molar-refractivity contribution in [3.8, 4) is 10.7 Å². The third kappa shape index (κ3) is 3.83. The van der Waals surface area contributed by atoms with Crippen molar-refractivity contribution in [1.29, 1.82) is 0 Å². The first-order valence-corrected chi connectivity index (χ1v) is 11.1. The highest BCUT2D eigenvalue weighted by atomic mass is 32.1. The van der Waals surface area contributed by atoms with Gasteiger partial charge in [0.05, 0.1) is 17.2 Å². The summed E-state index contributed by atoms with van der Waals surface area (Å²) < 4.78 is 38.4. The van der Waals surface area contributed by atoms with Gasteiger partial charge in [0.2, 0.25) is 0 Å². The number of hydrogen-bond acceptors (Lipinski definition) is 6. The van der Waals surface area contributed by atoms with Crippen molar-refractivity contribution < 1.29 is 18.0 Å². The van der Waals surface area contributed by atoms with Crippen molar-refractivity contribution in [3.63, 3.8) is 0 Å². The normalized spacial score (nSPS) is 22.4. The van der Waals surface area contributed by atoms with Gasteiger partial charge in [-0.15, -0.1) is 11.3 Å². The molecule has 0 unspecified atom stereocenters. The fraction of sp³-hybridized carbons (Fsp3) is 0.364. The molecular weight excluding hydrogens is 439 g/mol. The molecule has 3 aromatic rings. The van der Waals surface area contributed by atoms with E-state index in [-0.39, 0.29) is 18.0 Å². The van der Waals surface area contributed by atoms with Crippen LogP contribution in [-0.2, 0) is 6.18 Å². The number of likely N-dealkylation sites (tertiary alicyclic amines) is 1. The van der Waals surface area contributed by atoms with Crippen LogP contribution in [0.15, 0.2) is 42.2 Å². The van der Waals surface area contributed by atoms with Gasteiger partial charge in [0.25, 0.3) is 5.91 Å². The van der Waals surface area contributed by atoms with Gasteiger partial charge >= 0.3 is 6.18 Å². The van der Waals surface area contributed by atoms with E-state index in [1.54, 1.807) is 12.4 Å². The molecule has 0 radical (unpaired) electrons. The zero-order valence-electron chi connectivity index (χ0n) is 17.1. The number of aryl methyl sites for hydroxylation is 1. The predicted octanol–water partition coefficient (Wildman–Crippen LogP) is 4.64. The number of nitrogens with one attached hydrogen (secondary N) is 1. The highest BCUT2D eigenvalue weighted by molar-refractivity contribution is 7.13. The number of pyridine rings is 2. The summed E-state index contributed by atoms with van der Waals surface area (Å²) in [6.07, 6.45) is 1.53. The average Bonchev–Trinajstić information content (AvgIpc) is 3.50. The van der Waals surface area contributed by atoms with Gasteiger partial charge in [-0.05, 0) is 49.4 Å². The van der Waals surface area contributed by atoms with Crippen LogP contribution in [0.2, 0.25) is 0 Å². The number of fused-ring (bicyclic) bond motifs is 2. The predicted molar refractivity (Wildman–Crippen MR) is 114 cm³/mol. The van der Waals surface area contributed by atoms with Crippen molar-refractivity contribution >= 4 is 23.1 Å². The Morgan fingerprint density at radius 1 is 1.19 bits per heavy atom. The first kappa shape index (κ1) is 20.9. The molecule has 1 saturated carbocycles. The Bertz CT molecular complexity index is 1130. The molecule has 6 nitrogen and oxygen atoms in total. The number of anilines is 1. The summed E-state index contributed by atoms with van der Waals surface area (Å²) in [5, 5.41) is 5.79. The molecule has 1 aliphatic heterocycles. The lowest BCUT2D eigenvalue weighted by atomic mass is 10.0. The Morgan fingerprint density at radius 3 is 2.69 bits per heavy atom. The molecule has 1 amide bonds. The number of amides is 1. The standard InChI is InChI=1S/C22H20F3N5OS/c1-12-6-15(19(28-9-12)20-26-4-5-32-20)21(31)30-11-13-7-16(17(30)8-13)29-18-3-2-14(10-27-18)22(23,24)25/h2-6,9-10,13,16-17H,7-8,11H2,1H3,(H,27,29)/t13-,16-,17+/m1/s1. The summed E-state index contributed by atoms with van der Waals surface area (Å²) in [5.41, 5.74) is 1.21. The van der Waals surface area contributed by atoms with Gasteiger partial charge in [-0.2, -0.15) is 13.2 Å². The van der Waals surface area contributed by atoms with E-state index in [2.05, 4.69) is 20.3 Å². The molecule has 10 heteroatoms. The van der Waals surface area contributed by atoms with Crippen LogP contribution in [-0.4, -0.2) is 44.4 Å². The van der Waals surface area contributed by atoms with Crippen LogP contribution in [0, 0.1) is 12.8 Å². The topological polar surface area (TPSA) is 71.0 Å². The zero-order valence-corrected chi connectivity index (χ0v) is 18.0. The van der Waals surface area contributed by atoms with Gasteiger partial charge in [-0.1, -0.05) is 0 Å². The number of rotatable bonds is 4. The van der Waals surface area contributed by atoms with E-state index >= 15 is 0 Å². The first-order chi connectivity index (χ1) is 15.3. The smallest absolute Gasteiger partial charge is 0.365 e. The monoisotopic (exact) mass is 459 g/mol. The summed E-state index contributed by atoms with van der Waals surface area (Å²) in [6.45, 7) is 2.56. The van der Waals surface area contributed by atoms with Crippen LogP contribution in [0.4, 0.5) is 19.0 Å². The summed E-state index contributed by atoms with van der Waals surface area (Å²) in [6, 6.07) is 4.08. The minimum Gasteiger partial charge on any atom is -0.365 e. The lowest BCUT2D eigenvalue weighted by Crippen LogP contribution is -2.48. The molecular formula is C22H20F3N5OS. The Labute approximate surface area is 186 Å². The number of alkyl halides is 3. The van der Waals surface area contributed by atoms with E-state index in [4.69, 9.17) is 0 Å². The molecule has 5 rings (SSSR count). The molecule has 1 saturated heterocycles. The van der Waals surface area contributed by atoms with Crippen molar-refractivity contribution in [1.82, 2.24) is 19.9 Å². The number of thiazole rings is 1. The highest BCUT2D eigenvalue weighted by Crippen LogP contribution is 2.40. The molecule has 0 aromatic carbocycles. The molecule has 1 aliphatic carbocycles. The third-order valence-corrected chi connectivity index (χ3v) is 6.84.